The molecule has 1 fully saturated rings. The molecule has 0 atom stereocenters. The van der Waals surface area contributed by atoms with E-state index in [-0.39, 0.29) is 5.92 Å². The number of aliphatic carboxylic acids is 1. The summed E-state index contributed by atoms with van der Waals surface area (Å²) in [6, 6.07) is 5.77. The third-order valence-electron chi connectivity index (χ3n) is 2.70. The van der Waals surface area contributed by atoms with E-state index in [9.17, 15) is 4.79 Å². The van der Waals surface area contributed by atoms with Gasteiger partial charge < -0.3 is 5.11 Å². The van der Waals surface area contributed by atoms with Crippen molar-refractivity contribution in [3.05, 3.63) is 33.3 Å². The van der Waals surface area contributed by atoms with E-state index in [1.54, 1.807) is 0 Å². The maximum absolute atomic E-state index is 10.6. The van der Waals surface area contributed by atoms with E-state index in [4.69, 9.17) is 16.7 Å². The molecule has 1 aromatic rings. The van der Waals surface area contributed by atoms with Gasteiger partial charge >= 0.3 is 5.97 Å². The van der Waals surface area contributed by atoms with E-state index < -0.39 is 5.97 Å². The fourth-order valence-electron chi connectivity index (χ4n) is 1.75. The van der Waals surface area contributed by atoms with Crippen molar-refractivity contribution >= 4 is 33.5 Å². The predicted octanol–water partition coefficient (Wildman–Crippen LogP) is 2.62. The molecule has 2 rings (SSSR count). The molecule has 1 saturated heterocycles. The SMILES string of the molecule is O=C(O)C1CN(Cc2ccc(Cl)c(Br)c2)C1. The highest BCUT2D eigenvalue weighted by Gasteiger charge is 2.32. The lowest BCUT2D eigenvalue weighted by Gasteiger charge is -2.36. The Kier molecular flexibility index (Phi) is 3.52. The Bertz CT molecular complexity index is 418. The van der Waals surface area contributed by atoms with E-state index in [1.165, 1.54) is 0 Å². The topological polar surface area (TPSA) is 40.5 Å². The van der Waals surface area contributed by atoms with Gasteiger partial charge in [0.1, 0.15) is 0 Å². The summed E-state index contributed by atoms with van der Waals surface area (Å²) in [7, 11) is 0. The number of carbonyl (C=O) groups is 1. The first-order valence-electron chi connectivity index (χ1n) is 4.95. The number of carboxylic acid groups (broad SMARTS) is 1. The smallest absolute Gasteiger partial charge is 0.309 e. The largest absolute Gasteiger partial charge is 0.481 e. The summed E-state index contributed by atoms with van der Waals surface area (Å²) in [5.41, 5.74) is 1.14. The van der Waals surface area contributed by atoms with Crippen molar-refractivity contribution in [1.82, 2.24) is 4.90 Å². The van der Waals surface area contributed by atoms with Gasteiger partial charge in [0.2, 0.25) is 0 Å². The van der Waals surface area contributed by atoms with Crippen LogP contribution < -0.4 is 0 Å². The van der Waals surface area contributed by atoms with Crippen molar-refractivity contribution < 1.29 is 9.90 Å². The fraction of sp³-hybridized carbons (Fsp3) is 0.364. The summed E-state index contributed by atoms with van der Waals surface area (Å²) in [6.07, 6.45) is 0. The van der Waals surface area contributed by atoms with Gasteiger partial charge in [-0.05, 0) is 33.6 Å². The number of nitrogens with zero attached hydrogens (tertiary/aromatic N) is 1. The molecule has 3 nitrogen and oxygen atoms in total. The molecular weight excluding hydrogens is 293 g/mol. The average Bonchev–Trinajstić information content (AvgIpc) is 2.15. The Labute approximate surface area is 107 Å². The van der Waals surface area contributed by atoms with Gasteiger partial charge in [-0.1, -0.05) is 17.7 Å². The van der Waals surface area contributed by atoms with Crippen LogP contribution in [0.25, 0.3) is 0 Å². The van der Waals surface area contributed by atoms with Crippen LogP contribution in [0.5, 0.6) is 0 Å². The molecule has 1 heterocycles. The third-order valence-corrected chi connectivity index (χ3v) is 3.91. The van der Waals surface area contributed by atoms with Gasteiger partial charge in [0.05, 0.1) is 10.9 Å². The maximum Gasteiger partial charge on any atom is 0.309 e. The molecule has 86 valence electrons. The first-order valence-corrected chi connectivity index (χ1v) is 6.12. The first-order chi connectivity index (χ1) is 7.56. The zero-order valence-corrected chi connectivity index (χ0v) is 10.8. The lowest BCUT2D eigenvalue weighted by molar-refractivity contribution is -0.147. The van der Waals surface area contributed by atoms with Crippen LogP contribution in [0.15, 0.2) is 22.7 Å². The highest BCUT2D eigenvalue weighted by Crippen LogP contribution is 2.25. The molecule has 1 aliphatic rings. The maximum atomic E-state index is 10.6. The second-order valence-corrected chi connectivity index (χ2v) is 5.24. The number of halogens is 2. The lowest BCUT2D eigenvalue weighted by atomic mass is 10.00. The minimum absolute atomic E-state index is 0.198. The van der Waals surface area contributed by atoms with E-state index in [0.717, 1.165) is 16.6 Å². The lowest BCUT2D eigenvalue weighted by Crippen LogP contribution is -2.49. The minimum Gasteiger partial charge on any atom is -0.481 e. The number of hydrogen-bond donors (Lipinski definition) is 1. The molecule has 0 spiro atoms. The molecule has 0 saturated carbocycles. The van der Waals surface area contributed by atoms with Gasteiger partial charge in [-0.3, -0.25) is 9.69 Å². The Morgan fingerprint density at radius 2 is 2.25 bits per heavy atom. The average molecular weight is 305 g/mol. The Balaban J connectivity index is 1.91. The number of benzene rings is 1. The summed E-state index contributed by atoms with van der Waals surface area (Å²) in [5, 5.41) is 9.44. The summed E-state index contributed by atoms with van der Waals surface area (Å²) in [4.78, 5) is 12.7. The number of likely N-dealkylation sites (tertiary alicyclic amines) is 1. The van der Waals surface area contributed by atoms with Gasteiger partial charge in [-0.25, -0.2) is 0 Å². The van der Waals surface area contributed by atoms with Gasteiger partial charge in [0.15, 0.2) is 0 Å². The molecule has 16 heavy (non-hydrogen) atoms. The summed E-state index contributed by atoms with van der Waals surface area (Å²) >= 11 is 9.26. The van der Waals surface area contributed by atoms with Crippen LogP contribution in [0.2, 0.25) is 5.02 Å². The predicted molar refractivity (Wildman–Crippen MR) is 65.6 cm³/mol. The number of carboxylic acids is 1. The van der Waals surface area contributed by atoms with E-state index >= 15 is 0 Å². The Morgan fingerprint density at radius 1 is 1.56 bits per heavy atom. The molecule has 0 bridgehead atoms. The fourth-order valence-corrected chi connectivity index (χ4v) is 2.30. The highest BCUT2D eigenvalue weighted by molar-refractivity contribution is 9.10. The molecular formula is C11H11BrClNO2. The second kappa shape index (κ2) is 4.73. The van der Waals surface area contributed by atoms with Crippen molar-refractivity contribution in [2.45, 2.75) is 6.54 Å². The first kappa shape index (κ1) is 11.9. The van der Waals surface area contributed by atoms with E-state index in [0.29, 0.717) is 18.1 Å². The third kappa shape index (κ3) is 2.56. The van der Waals surface area contributed by atoms with Crippen LogP contribution in [-0.4, -0.2) is 29.1 Å². The molecule has 0 amide bonds. The van der Waals surface area contributed by atoms with Gasteiger partial charge in [0, 0.05) is 24.1 Å². The molecule has 1 aliphatic heterocycles. The van der Waals surface area contributed by atoms with E-state index in [1.807, 2.05) is 18.2 Å². The Hall–Kier alpha value is -0.580. The summed E-state index contributed by atoms with van der Waals surface area (Å²) in [6.45, 7) is 2.05. The van der Waals surface area contributed by atoms with Crippen molar-refractivity contribution in [3.8, 4) is 0 Å². The number of rotatable bonds is 3. The van der Waals surface area contributed by atoms with Crippen molar-refractivity contribution in [3.63, 3.8) is 0 Å². The Morgan fingerprint density at radius 3 is 2.81 bits per heavy atom. The second-order valence-electron chi connectivity index (χ2n) is 3.98. The normalized spacial score (nSPS) is 17.1. The molecule has 0 aromatic heterocycles. The quantitative estimate of drug-likeness (QED) is 0.933. The van der Waals surface area contributed by atoms with Crippen LogP contribution in [0.3, 0.4) is 0 Å². The van der Waals surface area contributed by atoms with Crippen LogP contribution in [0.1, 0.15) is 5.56 Å². The summed E-state index contributed by atoms with van der Waals surface area (Å²) in [5.74, 6) is -0.899. The molecule has 5 heteroatoms. The van der Waals surface area contributed by atoms with Gasteiger partial charge in [-0.2, -0.15) is 0 Å². The highest BCUT2D eigenvalue weighted by atomic mass is 79.9. The minimum atomic E-state index is -0.700. The van der Waals surface area contributed by atoms with Crippen LogP contribution in [-0.2, 0) is 11.3 Å². The van der Waals surface area contributed by atoms with Crippen LogP contribution in [0.4, 0.5) is 0 Å². The van der Waals surface area contributed by atoms with Gasteiger partial charge in [0.25, 0.3) is 0 Å². The van der Waals surface area contributed by atoms with E-state index in [2.05, 4.69) is 20.8 Å². The molecule has 0 unspecified atom stereocenters. The number of hydrogen-bond acceptors (Lipinski definition) is 2. The van der Waals surface area contributed by atoms with Crippen molar-refractivity contribution in [2.24, 2.45) is 5.92 Å². The zero-order valence-electron chi connectivity index (χ0n) is 8.49. The van der Waals surface area contributed by atoms with Crippen molar-refractivity contribution in [1.29, 1.82) is 0 Å². The molecule has 1 N–H and O–H groups in total. The monoisotopic (exact) mass is 303 g/mol. The summed E-state index contributed by atoms with van der Waals surface area (Å²) < 4.78 is 0.877. The molecule has 0 radical (unpaired) electrons. The van der Waals surface area contributed by atoms with Crippen LogP contribution >= 0.6 is 27.5 Å². The van der Waals surface area contributed by atoms with Crippen LogP contribution in [0, 0.1) is 5.92 Å². The molecule has 1 aromatic carbocycles. The molecule has 0 aliphatic carbocycles. The van der Waals surface area contributed by atoms with Gasteiger partial charge in [-0.15, -0.1) is 0 Å². The van der Waals surface area contributed by atoms with Crippen molar-refractivity contribution in [2.75, 3.05) is 13.1 Å². The zero-order chi connectivity index (χ0) is 11.7. The standard InChI is InChI=1S/C11H11BrClNO2/c12-9-3-7(1-2-10(9)13)4-14-5-8(6-14)11(15)16/h1-3,8H,4-6H2,(H,15,16).